The van der Waals surface area contributed by atoms with Crippen LogP contribution in [0.3, 0.4) is 0 Å². The first-order valence-electron chi connectivity index (χ1n) is 8.95. The molecule has 0 radical (unpaired) electrons. The summed E-state index contributed by atoms with van der Waals surface area (Å²) in [5.74, 6) is 0.434. The van der Waals surface area contributed by atoms with Crippen molar-refractivity contribution in [3.63, 3.8) is 0 Å². The number of rotatable bonds is 4. The third kappa shape index (κ3) is 3.44. The minimum atomic E-state index is -3.94. The van der Waals surface area contributed by atoms with Gasteiger partial charge in [0, 0.05) is 12.1 Å². The van der Waals surface area contributed by atoms with E-state index in [0.717, 1.165) is 11.1 Å². The Morgan fingerprint density at radius 2 is 1.67 bits per heavy atom. The molecule has 1 heterocycles. The molecule has 0 aromatic heterocycles. The molecule has 1 aliphatic heterocycles. The number of non-ortho nitro benzene ring substituents is 1. The van der Waals surface area contributed by atoms with E-state index < -0.39 is 14.9 Å². The van der Waals surface area contributed by atoms with Crippen LogP contribution in [0.1, 0.15) is 5.56 Å². The lowest BCUT2D eigenvalue weighted by Gasteiger charge is -2.31. The van der Waals surface area contributed by atoms with Gasteiger partial charge in [0.05, 0.1) is 33.7 Å². The third-order valence-electron chi connectivity index (χ3n) is 4.76. The molecule has 0 saturated carbocycles. The number of nitriles is 1. The zero-order valence-corrected chi connectivity index (χ0v) is 16.4. The Morgan fingerprint density at radius 3 is 2.30 bits per heavy atom. The van der Waals surface area contributed by atoms with E-state index in [1.165, 1.54) is 28.6 Å². The molecule has 30 heavy (non-hydrogen) atoms. The summed E-state index contributed by atoms with van der Waals surface area (Å²) in [6.07, 6.45) is 0. The maximum absolute atomic E-state index is 13.2. The second-order valence-corrected chi connectivity index (χ2v) is 8.41. The van der Waals surface area contributed by atoms with Gasteiger partial charge in [-0.25, -0.2) is 8.42 Å². The summed E-state index contributed by atoms with van der Waals surface area (Å²) in [5, 5.41) is 19.8. The summed E-state index contributed by atoms with van der Waals surface area (Å²) >= 11 is 0. The summed E-state index contributed by atoms with van der Waals surface area (Å²) in [6.45, 7) is 0.304. The van der Waals surface area contributed by atoms with Crippen molar-refractivity contribution < 1.29 is 18.1 Å². The van der Waals surface area contributed by atoms with Crippen molar-refractivity contribution in [3.05, 3.63) is 82.4 Å². The van der Waals surface area contributed by atoms with Crippen LogP contribution in [0.25, 0.3) is 11.1 Å². The lowest BCUT2D eigenvalue weighted by atomic mass is 10.0. The topological polar surface area (TPSA) is 114 Å². The van der Waals surface area contributed by atoms with Crippen molar-refractivity contribution in [1.82, 2.24) is 0 Å². The van der Waals surface area contributed by atoms with Crippen molar-refractivity contribution in [1.29, 1.82) is 5.26 Å². The zero-order valence-electron chi connectivity index (χ0n) is 15.6. The highest BCUT2D eigenvalue weighted by Crippen LogP contribution is 2.38. The van der Waals surface area contributed by atoms with Crippen molar-refractivity contribution in [2.45, 2.75) is 4.90 Å². The molecule has 1 aliphatic rings. The number of nitrogens with zero attached hydrogens (tertiary/aromatic N) is 3. The maximum Gasteiger partial charge on any atom is 0.269 e. The van der Waals surface area contributed by atoms with Gasteiger partial charge in [-0.1, -0.05) is 18.2 Å². The molecule has 0 saturated heterocycles. The fourth-order valence-electron chi connectivity index (χ4n) is 3.23. The smallest absolute Gasteiger partial charge is 0.269 e. The first kappa shape index (κ1) is 19.4. The van der Waals surface area contributed by atoms with Crippen LogP contribution in [-0.2, 0) is 10.0 Å². The van der Waals surface area contributed by atoms with E-state index in [1.807, 2.05) is 6.07 Å². The lowest BCUT2D eigenvalue weighted by Crippen LogP contribution is -2.37. The Balaban J connectivity index is 1.75. The molecule has 0 atom stereocenters. The number of nitro groups is 1. The molecule has 4 rings (SSSR count). The average molecular weight is 421 g/mol. The molecule has 0 aliphatic carbocycles. The van der Waals surface area contributed by atoms with Crippen molar-refractivity contribution in [2.24, 2.45) is 0 Å². The maximum atomic E-state index is 13.2. The molecule has 0 bridgehead atoms. The highest BCUT2D eigenvalue weighted by atomic mass is 32.2. The first-order chi connectivity index (χ1) is 14.4. The Hall–Kier alpha value is -3.90. The van der Waals surface area contributed by atoms with Crippen LogP contribution in [0.5, 0.6) is 5.75 Å². The number of hydrogen-bond acceptors (Lipinski definition) is 6. The van der Waals surface area contributed by atoms with E-state index in [1.54, 1.807) is 36.4 Å². The van der Waals surface area contributed by atoms with Crippen LogP contribution >= 0.6 is 0 Å². The minimum absolute atomic E-state index is 0.0373. The molecule has 9 heteroatoms. The molecule has 0 unspecified atom stereocenters. The molecular weight excluding hydrogens is 406 g/mol. The fraction of sp³-hybridized carbons (Fsp3) is 0.0952. The van der Waals surface area contributed by atoms with Crippen LogP contribution in [0, 0.1) is 21.4 Å². The van der Waals surface area contributed by atoms with Crippen molar-refractivity contribution >= 4 is 21.4 Å². The van der Waals surface area contributed by atoms with E-state index >= 15 is 0 Å². The number of fused-ring (bicyclic) bond motifs is 1. The Kier molecular flexibility index (Phi) is 4.85. The monoisotopic (exact) mass is 421 g/mol. The van der Waals surface area contributed by atoms with Crippen molar-refractivity contribution in [2.75, 3.05) is 17.5 Å². The zero-order chi connectivity index (χ0) is 21.3. The summed E-state index contributed by atoms with van der Waals surface area (Å²) in [6, 6.07) is 19.1. The number of ether oxygens (including phenoxy) is 1. The van der Waals surface area contributed by atoms with Gasteiger partial charge in [-0.2, -0.15) is 5.26 Å². The van der Waals surface area contributed by atoms with E-state index in [0.29, 0.717) is 17.0 Å². The number of benzene rings is 3. The van der Waals surface area contributed by atoms with E-state index in [4.69, 9.17) is 10.00 Å². The molecule has 3 aromatic rings. The Bertz CT molecular complexity index is 1260. The quantitative estimate of drug-likeness (QED) is 0.469. The van der Waals surface area contributed by atoms with Gasteiger partial charge in [0.2, 0.25) is 0 Å². The summed E-state index contributed by atoms with van der Waals surface area (Å²) in [4.78, 5) is 10.2. The first-order valence-corrected chi connectivity index (χ1v) is 10.4. The van der Waals surface area contributed by atoms with Gasteiger partial charge in [-0.15, -0.1) is 0 Å². The average Bonchev–Trinajstić information content (AvgIpc) is 2.78. The van der Waals surface area contributed by atoms with Crippen LogP contribution in [-0.4, -0.2) is 26.5 Å². The molecule has 8 nitrogen and oxygen atoms in total. The molecule has 0 amide bonds. The van der Waals surface area contributed by atoms with Gasteiger partial charge in [-0.05, 0) is 47.5 Å². The fourth-order valence-corrected chi connectivity index (χ4v) is 4.68. The highest BCUT2D eigenvalue weighted by molar-refractivity contribution is 7.92. The third-order valence-corrected chi connectivity index (χ3v) is 6.59. The largest absolute Gasteiger partial charge is 0.489 e. The number of hydrogen-bond donors (Lipinski definition) is 0. The van der Waals surface area contributed by atoms with Gasteiger partial charge in [-0.3, -0.25) is 14.4 Å². The standard InChI is InChI=1S/C21H15N3O5S/c22-14-15-1-3-16(4-2-15)17-5-10-21-20(13-17)23(11-12-29-21)30(27,28)19-8-6-18(7-9-19)24(25)26/h1-10,13H,11-12H2. The van der Waals surface area contributed by atoms with Gasteiger partial charge in [0.15, 0.2) is 0 Å². The second-order valence-electron chi connectivity index (χ2n) is 6.55. The van der Waals surface area contributed by atoms with E-state index in [2.05, 4.69) is 6.07 Å². The molecule has 0 fully saturated rings. The van der Waals surface area contributed by atoms with Gasteiger partial charge in [0.25, 0.3) is 15.7 Å². The molecular formula is C21H15N3O5S. The van der Waals surface area contributed by atoms with Crippen LogP contribution < -0.4 is 9.04 Å². The number of anilines is 1. The van der Waals surface area contributed by atoms with Gasteiger partial charge in [0.1, 0.15) is 12.4 Å². The molecule has 0 spiro atoms. The number of sulfonamides is 1. The predicted molar refractivity (Wildman–Crippen MR) is 110 cm³/mol. The summed E-state index contributed by atoms with van der Waals surface area (Å²) in [7, 11) is -3.94. The predicted octanol–water partition coefficient (Wildman–Crippen LogP) is 3.72. The summed E-state index contributed by atoms with van der Waals surface area (Å²) < 4.78 is 33.3. The molecule has 3 aromatic carbocycles. The SMILES string of the molecule is N#Cc1ccc(-c2ccc3c(c2)N(S(=O)(=O)c2ccc([N+](=O)[O-])cc2)CCO3)cc1. The number of nitro benzene ring substituents is 1. The van der Waals surface area contributed by atoms with Gasteiger partial charge < -0.3 is 4.74 Å². The van der Waals surface area contributed by atoms with E-state index in [-0.39, 0.29) is 23.7 Å². The van der Waals surface area contributed by atoms with Gasteiger partial charge >= 0.3 is 0 Å². The van der Waals surface area contributed by atoms with E-state index in [9.17, 15) is 18.5 Å². The lowest BCUT2D eigenvalue weighted by molar-refractivity contribution is -0.384. The Labute approximate surface area is 172 Å². The van der Waals surface area contributed by atoms with Crippen molar-refractivity contribution in [3.8, 4) is 22.9 Å². The van der Waals surface area contributed by atoms with Crippen LogP contribution in [0.2, 0.25) is 0 Å². The Morgan fingerprint density at radius 1 is 1.00 bits per heavy atom. The molecule has 0 N–H and O–H groups in total. The molecule has 150 valence electrons. The summed E-state index contributed by atoms with van der Waals surface area (Å²) in [5.41, 5.74) is 2.34. The minimum Gasteiger partial charge on any atom is -0.489 e. The van der Waals surface area contributed by atoms with Crippen LogP contribution in [0.15, 0.2) is 71.6 Å². The van der Waals surface area contributed by atoms with Crippen LogP contribution in [0.4, 0.5) is 11.4 Å². The normalized spacial score (nSPS) is 13.1. The second kappa shape index (κ2) is 7.50. The highest BCUT2D eigenvalue weighted by Gasteiger charge is 2.30.